The number of aliphatic carboxylic acids is 1. The molecule has 0 fully saturated rings. The highest BCUT2D eigenvalue weighted by Gasteiger charge is 2.06. The molecule has 0 aliphatic rings. The van der Waals surface area contributed by atoms with Gasteiger partial charge < -0.3 is 5.11 Å². The molecule has 0 aliphatic carbocycles. The molecule has 5 heteroatoms. The lowest BCUT2D eigenvalue weighted by molar-refractivity contribution is -0.137. The first kappa shape index (κ1) is 11.1. The summed E-state index contributed by atoms with van der Waals surface area (Å²) in [5.41, 5.74) is 1.79. The largest absolute Gasteiger partial charge is 0.481 e. The third-order valence-electron chi connectivity index (χ3n) is 1.95. The summed E-state index contributed by atoms with van der Waals surface area (Å²) in [6.07, 6.45) is 2.03. The SMILES string of the molecule is CCN(CCC(=O)O)Cc1cncs1. The summed E-state index contributed by atoms with van der Waals surface area (Å²) < 4.78 is 0. The Bertz CT molecular complexity index is 274. The minimum Gasteiger partial charge on any atom is -0.481 e. The van der Waals surface area contributed by atoms with Gasteiger partial charge in [0, 0.05) is 24.2 Å². The molecule has 0 radical (unpaired) electrons. The zero-order valence-corrected chi connectivity index (χ0v) is 8.96. The Labute approximate surface area is 87.2 Å². The predicted molar refractivity (Wildman–Crippen MR) is 55.3 cm³/mol. The monoisotopic (exact) mass is 214 g/mol. The first-order valence-corrected chi connectivity index (χ1v) is 5.42. The summed E-state index contributed by atoms with van der Waals surface area (Å²) in [5.74, 6) is -0.743. The van der Waals surface area contributed by atoms with Gasteiger partial charge in [0.15, 0.2) is 0 Å². The summed E-state index contributed by atoms with van der Waals surface area (Å²) in [5, 5.41) is 8.55. The van der Waals surface area contributed by atoms with Crippen molar-refractivity contribution in [3.8, 4) is 0 Å². The van der Waals surface area contributed by atoms with Crippen LogP contribution in [0.5, 0.6) is 0 Å². The van der Waals surface area contributed by atoms with Crippen LogP contribution in [-0.4, -0.2) is 34.0 Å². The number of carboxylic acids is 1. The zero-order valence-electron chi connectivity index (χ0n) is 8.14. The normalized spacial score (nSPS) is 10.7. The predicted octanol–water partition coefficient (Wildman–Crippen LogP) is 1.44. The molecule has 0 saturated heterocycles. The van der Waals surface area contributed by atoms with E-state index in [2.05, 4.69) is 9.88 Å². The summed E-state index contributed by atoms with van der Waals surface area (Å²) in [6, 6.07) is 0. The first-order chi connectivity index (χ1) is 6.72. The Kier molecular flexibility index (Phi) is 4.55. The van der Waals surface area contributed by atoms with Gasteiger partial charge in [0.2, 0.25) is 0 Å². The fourth-order valence-electron chi connectivity index (χ4n) is 1.14. The van der Waals surface area contributed by atoms with Gasteiger partial charge in [-0.05, 0) is 6.54 Å². The molecule has 0 atom stereocenters. The molecule has 0 saturated carbocycles. The van der Waals surface area contributed by atoms with E-state index >= 15 is 0 Å². The van der Waals surface area contributed by atoms with Crippen LogP contribution in [-0.2, 0) is 11.3 Å². The van der Waals surface area contributed by atoms with Crippen molar-refractivity contribution >= 4 is 17.3 Å². The van der Waals surface area contributed by atoms with E-state index in [1.807, 2.05) is 13.1 Å². The lowest BCUT2D eigenvalue weighted by Crippen LogP contribution is -2.25. The second kappa shape index (κ2) is 5.72. The third kappa shape index (κ3) is 3.85. The summed E-state index contributed by atoms with van der Waals surface area (Å²) in [6.45, 7) is 4.30. The van der Waals surface area contributed by atoms with E-state index in [9.17, 15) is 4.79 Å². The second-order valence-corrected chi connectivity index (χ2v) is 3.95. The van der Waals surface area contributed by atoms with Crippen molar-refractivity contribution in [2.45, 2.75) is 19.9 Å². The molecular weight excluding hydrogens is 200 g/mol. The van der Waals surface area contributed by atoms with Crippen LogP contribution in [0.25, 0.3) is 0 Å². The lowest BCUT2D eigenvalue weighted by Gasteiger charge is -2.17. The molecular formula is C9H14N2O2S. The molecule has 14 heavy (non-hydrogen) atoms. The van der Waals surface area contributed by atoms with E-state index in [0.29, 0.717) is 6.54 Å². The molecule has 1 aromatic heterocycles. The molecule has 0 amide bonds. The number of rotatable bonds is 6. The van der Waals surface area contributed by atoms with E-state index in [-0.39, 0.29) is 6.42 Å². The third-order valence-corrected chi connectivity index (χ3v) is 2.72. The van der Waals surface area contributed by atoms with E-state index in [0.717, 1.165) is 13.1 Å². The van der Waals surface area contributed by atoms with Crippen LogP contribution >= 0.6 is 11.3 Å². The number of nitrogens with zero attached hydrogens (tertiary/aromatic N) is 2. The molecule has 1 N–H and O–H groups in total. The number of carbonyl (C=O) groups is 1. The minimum absolute atomic E-state index is 0.201. The number of thiazole rings is 1. The zero-order chi connectivity index (χ0) is 10.4. The Morgan fingerprint density at radius 1 is 1.71 bits per heavy atom. The van der Waals surface area contributed by atoms with Gasteiger partial charge in [-0.15, -0.1) is 11.3 Å². The molecule has 0 aromatic carbocycles. The second-order valence-electron chi connectivity index (χ2n) is 2.98. The molecule has 4 nitrogen and oxygen atoms in total. The molecule has 0 unspecified atom stereocenters. The van der Waals surface area contributed by atoms with E-state index < -0.39 is 5.97 Å². The topological polar surface area (TPSA) is 53.4 Å². The Morgan fingerprint density at radius 3 is 3.00 bits per heavy atom. The van der Waals surface area contributed by atoms with Crippen molar-refractivity contribution in [2.75, 3.05) is 13.1 Å². The quantitative estimate of drug-likeness (QED) is 0.778. The van der Waals surface area contributed by atoms with Crippen molar-refractivity contribution in [2.24, 2.45) is 0 Å². The van der Waals surface area contributed by atoms with E-state index in [1.165, 1.54) is 4.88 Å². The summed E-state index contributed by atoms with van der Waals surface area (Å²) in [7, 11) is 0. The average Bonchev–Trinajstić information content (AvgIpc) is 2.64. The standard InChI is InChI=1S/C9H14N2O2S/c1-2-11(4-3-9(12)13)6-8-5-10-7-14-8/h5,7H,2-4,6H2,1H3,(H,12,13). The summed E-state index contributed by atoms with van der Waals surface area (Å²) >= 11 is 1.60. The van der Waals surface area contributed by atoms with Crippen molar-refractivity contribution in [3.63, 3.8) is 0 Å². The first-order valence-electron chi connectivity index (χ1n) is 4.54. The Hall–Kier alpha value is -0.940. The van der Waals surface area contributed by atoms with Crippen molar-refractivity contribution < 1.29 is 9.90 Å². The van der Waals surface area contributed by atoms with Gasteiger partial charge in [-0.1, -0.05) is 6.92 Å². The smallest absolute Gasteiger partial charge is 0.304 e. The number of hydrogen-bond acceptors (Lipinski definition) is 4. The van der Waals surface area contributed by atoms with Gasteiger partial charge in [-0.2, -0.15) is 0 Å². The molecule has 1 rings (SSSR count). The molecule has 1 aromatic rings. The maximum Gasteiger partial charge on any atom is 0.304 e. The van der Waals surface area contributed by atoms with Gasteiger partial charge in [-0.3, -0.25) is 14.7 Å². The van der Waals surface area contributed by atoms with Crippen molar-refractivity contribution in [1.29, 1.82) is 0 Å². The number of aromatic nitrogens is 1. The highest BCUT2D eigenvalue weighted by Crippen LogP contribution is 2.09. The van der Waals surface area contributed by atoms with Crippen molar-refractivity contribution in [1.82, 2.24) is 9.88 Å². The van der Waals surface area contributed by atoms with Gasteiger partial charge in [0.1, 0.15) is 0 Å². The van der Waals surface area contributed by atoms with Crippen LogP contribution in [0.1, 0.15) is 18.2 Å². The minimum atomic E-state index is -0.743. The van der Waals surface area contributed by atoms with Crippen LogP contribution in [0, 0.1) is 0 Å². The lowest BCUT2D eigenvalue weighted by atomic mass is 10.3. The fourth-order valence-corrected chi connectivity index (χ4v) is 1.78. The van der Waals surface area contributed by atoms with Gasteiger partial charge in [-0.25, -0.2) is 0 Å². The van der Waals surface area contributed by atoms with Gasteiger partial charge in [0.05, 0.1) is 11.9 Å². The van der Waals surface area contributed by atoms with Gasteiger partial charge in [0.25, 0.3) is 0 Å². The maximum absolute atomic E-state index is 10.4. The number of carboxylic acid groups (broad SMARTS) is 1. The maximum atomic E-state index is 10.4. The van der Waals surface area contributed by atoms with E-state index in [1.54, 1.807) is 16.8 Å². The van der Waals surface area contributed by atoms with Crippen LogP contribution in [0.15, 0.2) is 11.7 Å². The Morgan fingerprint density at radius 2 is 2.50 bits per heavy atom. The molecule has 0 aliphatic heterocycles. The molecule has 0 spiro atoms. The highest BCUT2D eigenvalue weighted by atomic mass is 32.1. The molecule has 1 heterocycles. The van der Waals surface area contributed by atoms with Crippen LogP contribution < -0.4 is 0 Å². The molecule has 0 bridgehead atoms. The van der Waals surface area contributed by atoms with Crippen LogP contribution in [0.2, 0.25) is 0 Å². The fraction of sp³-hybridized carbons (Fsp3) is 0.556. The highest BCUT2D eigenvalue weighted by molar-refractivity contribution is 7.09. The van der Waals surface area contributed by atoms with Crippen LogP contribution in [0.4, 0.5) is 0 Å². The Balaban J connectivity index is 2.35. The van der Waals surface area contributed by atoms with Crippen LogP contribution in [0.3, 0.4) is 0 Å². The van der Waals surface area contributed by atoms with E-state index in [4.69, 9.17) is 5.11 Å². The van der Waals surface area contributed by atoms with Gasteiger partial charge >= 0.3 is 5.97 Å². The molecule has 78 valence electrons. The number of hydrogen-bond donors (Lipinski definition) is 1. The average molecular weight is 214 g/mol. The summed E-state index contributed by atoms with van der Waals surface area (Å²) in [4.78, 5) is 17.6. The van der Waals surface area contributed by atoms with Crippen molar-refractivity contribution in [3.05, 3.63) is 16.6 Å².